The highest BCUT2D eigenvalue weighted by atomic mass is 16.3. The van der Waals surface area contributed by atoms with E-state index in [4.69, 9.17) is 9.40 Å². The first-order chi connectivity index (χ1) is 22.8. The summed E-state index contributed by atoms with van der Waals surface area (Å²) in [5, 5.41) is 6.89. The zero-order chi connectivity index (χ0) is 30.5. The van der Waals surface area contributed by atoms with Crippen LogP contribution in [-0.2, 0) is 0 Å². The van der Waals surface area contributed by atoms with Crippen molar-refractivity contribution in [2.45, 2.75) is 0 Å². The molecule has 9 rings (SSSR count). The Bertz CT molecular complexity index is 2520. The normalized spacial score (nSPS) is 11.5. The fourth-order valence-corrected chi connectivity index (χ4v) is 6.64. The monoisotopic (exact) mass is 588 g/mol. The van der Waals surface area contributed by atoms with E-state index in [2.05, 4.69) is 150 Å². The Morgan fingerprint density at radius 2 is 1.11 bits per heavy atom. The lowest BCUT2D eigenvalue weighted by Gasteiger charge is -2.25. The second kappa shape index (κ2) is 10.8. The average Bonchev–Trinajstić information content (AvgIpc) is 3.52. The van der Waals surface area contributed by atoms with Crippen LogP contribution in [0.3, 0.4) is 0 Å². The predicted octanol–water partition coefficient (Wildman–Crippen LogP) is 12.1. The van der Waals surface area contributed by atoms with Gasteiger partial charge >= 0.3 is 0 Å². The molecule has 0 aliphatic rings. The summed E-state index contributed by atoms with van der Waals surface area (Å²) in [4.78, 5) is 7.26. The minimum Gasteiger partial charge on any atom is -0.455 e. The van der Waals surface area contributed by atoms with E-state index >= 15 is 0 Å². The van der Waals surface area contributed by atoms with Crippen LogP contribution in [-0.4, -0.2) is 4.98 Å². The van der Waals surface area contributed by atoms with E-state index in [1.165, 1.54) is 5.56 Å². The number of benzene rings is 7. The van der Waals surface area contributed by atoms with Crippen molar-refractivity contribution in [2.24, 2.45) is 0 Å². The van der Waals surface area contributed by atoms with Crippen LogP contribution in [0.15, 0.2) is 174 Å². The van der Waals surface area contributed by atoms with Crippen molar-refractivity contribution in [3.63, 3.8) is 0 Å². The number of para-hydroxylation sites is 1. The van der Waals surface area contributed by atoms with Gasteiger partial charge in [0.1, 0.15) is 17.0 Å². The lowest BCUT2D eigenvalue weighted by Crippen LogP contribution is -2.11. The van der Waals surface area contributed by atoms with Crippen molar-refractivity contribution >= 4 is 60.7 Å². The minimum absolute atomic E-state index is 0.852. The standard InChI is InChI=1S/C43H28N2O/c1-3-10-29(11-4-1)32-14-9-15-35(26-32)45(41-25-21-34(28-44-41)30-12-5-2-6-13-30)36-22-24-37-33(27-36)19-18-31-20-23-39-38-16-7-8-17-40(38)46-43(39)42(31)37/h1-28H. The second-order valence-electron chi connectivity index (χ2n) is 11.6. The van der Waals surface area contributed by atoms with Crippen molar-refractivity contribution in [1.29, 1.82) is 0 Å². The molecule has 0 amide bonds. The highest BCUT2D eigenvalue weighted by molar-refractivity contribution is 6.23. The Kier molecular flexibility index (Phi) is 6.14. The molecule has 3 nitrogen and oxygen atoms in total. The van der Waals surface area contributed by atoms with E-state index in [1.54, 1.807) is 0 Å². The molecule has 0 radical (unpaired) electrons. The number of fused-ring (bicyclic) bond motifs is 7. The second-order valence-corrected chi connectivity index (χ2v) is 11.6. The number of hydrogen-bond acceptors (Lipinski definition) is 3. The number of anilines is 3. The summed E-state index contributed by atoms with van der Waals surface area (Å²) in [7, 11) is 0. The molecule has 2 heterocycles. The van der Waals surface area contributed by atoms with Gasteiger partial charge in [-0.1, -0.05) is 115 Å². The highest BCUT2D eigenvalue weighted by Crippen LogP contribution is 2.41. The van der Waals surface area contributed by atoms with E-state index in [-0.39, 0.29) is 0 Å². The third-order valence-corrected chi connectivity index (χ3v) is 8.88. The molecule has 0 atom stereocenters. The summed E-state index contributed by atoms with van der Waals surface area (Å²) in [5.74, 6) is 0.852. The molecular weight excluding hydrogens is 560 g/mol. The molecular formula is C43H28N2O. The van der Waals surface area contributed by atoms with Crippen LogP contribution in [0, 0.1) is 0 Å². The summed E-state index contributed by atoms with van der Waals surface area (Å²) in [6.45, 7) is 0. The van der Waals surface area contributed by atoms with Gasteiger partial charge in [-0.2, -0.15) is 0 Å². The summed E-state index contributed by atoms with van der Waals surface area (Å²) in [5.41, 5.74) is 8.49. The summed E-state index contributed by atoms with van der Waals surface area (Å²) in [6.07, 6.45) is 1.96. The van der Waals surface area contributed by atoms with E-state index in [1.807, 2.05) is 24.4 Å². The number of pyridine rings is 1. The van der Waals surface area contributed by atoms with E-state index in [0.717, 1.165) is 77.4 Å². The molecule has 0 spiro atoms. The summed E-state index contributed by atoms with van der Waals surface area (Å²) < 4.78 is 6.47. The number of aromatic nitrogens is 1. The van der Waals surface area contributed by atoms with Crippen LogP contribution < -0.4 is 4.90 Å². The molecule has 0 saturated carbocycles. The predicted molar refractivity (Wildman–Crippen MR) is 192 cm³/mol. The first-order valence-electron chi connectivity index (χ1n) is 15.5. The van der Waals surface area contributed by atoms with E-state index in [9.17, 15) is 0 Å². The SMILES string of the molecule is c1ccc(-c2ccc(N(c3cccc(-c4ccccc4)c3)c3ccc4c(ccc5ccc6c7ccccc7oc6c54)c3)nc2)cc1. The molecule has 7 aromatic carbocycles. The van der Waals surface area contributed by atoms with Crippen LogP contribution >= 0.6 is 0 Å². The minimum atomic E-state index is 0.852. The lowest BCUT2D eigenvalue weighted by molar-refractivity contribution is 0.673. The Morgan fingerprint density at radius 3 is 1.91 bits per heavy atom. The number of nitrogens with zero attached hydrogens (tertiary/aromatic N) is 2. The molecule has 3 heteroatoms. The molecule has 0 unspecified atom stereocenters. The molecule has 0 bridgehead atoms. The van der Waals surface area contributed by atoms with Crippen LogP contribution in [0.25, 0.3) is 65.7 Å². The lowest BCUT2D eigenvalue weighted by atomic mass is 9.98. The van der Waals surface area contributed by atoms with Crippen molar-refractivity contribution in [3.05, 3.63) is 170 Å². The fraction of sp³-hybridized carbons (Fsp3) is 0. The highest BCUT2D eigenvalue weighted by Gasteiger charge is 2.18. The molecule has 0 saturated heterocycles. The fourth-order valence-electron chi connectivity index (χ4n) is 6.64. The average molecular weight is 589 g/mol. The Morgan fingerprint density at radius 1 is 0.435 bits per heavy atom. The summed E-state index contributed by atoms with van der Waals surface area (Å²) in [6, 6.07) is 57.6. The molecule has 0 N–H and O–H groups in total. The van der Waals surface area contributed by atoms with Gasteiger partial charge in [-0.3, -0.25) is 4.90 Å². The molecule has 0 aliphatic carbocycles. The smallest absolute Gasteiger partial charge is 0.143 e. The Labute approximate surface area is 266 Å². The maximum Gasteiger partial charge on any atom is 0.143 e. The molecule has 9 aromatic rings. The molecule has 2 aromatic heterocycles. The largest absolute Gasteiger partial charge is 0.455 e. The van der Waals surface area contributed by atoms with Crippen LogP contribution in [0.1, 0.15) is 0 Å². The van der Waals surface area contributed by atoms with E-state index < -0.39 is 0 Å². The zero-order valence-electron chi connectivity index (χ0n) is 25.0. The van der Waals surface area contributed by atoms with Gasteiger partial charge in [-0.05, 0) is 81.4 Å². The van der Waals surface area contributed by atoms with E-state index in [0.29, 0.717) is 0 Å². The van der Waals surface area contributed by atoms with Gasteiger partial charge in [0.15, 0.2) is 0 Å². The number of hydrogen-bond donors (Lipinski definition) is 0. The quantitative estimate of drug-likeness (QED) is 0.187. The van der Waals surface area contributed by atoms with Gasteiger partial charge in [0.05, 0.1) is 0 Å². The first-order valence-corrected chi connectivity index (χ1v) is 15.5. The molecule has 216 valence electrons. The molecule has 46 heavy (non-hydrogen) atoms. The van der Waals surface area contributed by atoms with Gasteiger partial charge in [0.25, 0.3) is 0 Å². The third kappa shape index (κ3) is 4.41. The van der Waals surface area contributed by atoms with Crippen molar-refractivity contribution in [2.75, 3.05) is 4.90 Å². The zero-order valence-corrected chi connectivity index (χ0v) is 25.0. The van der Waals surface area contributed by atoms with Gasteiger partial charge in [0.2, 0.25) is 0 Å². The molecule has 0 fully saturated rings. The van der Waals surface area contributed by atoms with Crippen molar-refractivity contribution in [3.8, 4) is 22.3 Å². The van der Waals surface area contributed by atoms with Crippen LogP contribution in [0.5, 0.6) is 0 Å². The topological polar surface area (TPSA) is 29.3 Å². The number of furan rings is 1. The Balaban J connectivity index is 1.23. The maximum atomic E-state index is 6.47. The first kappa shape index (κ1) is 26.2. The van der Waals surface area contributed by atoms with Gasteiger partial charge < -0.3 is 4.42 Å². The Hall–Kier alpha value is -6.19. The van der Waals surface area contributed by atoms with Crippen molar-refractivity contribution in [1.82, 2.24) is 4.98 Å². The van der Waals surface area contributed by atoms with Gasteiger partial charge in [-0.25, -0.2) is 4.98 Å². The third-order valence-electron chi connectivity index (χ3n) is 8.88. The van der Waals surface area contributed by atoms with Crippen LogP contribution in [0.2, 0.25) is 0 Å². The van der Waals surface area contributed by atoms with Gasteiger partial charge in [-0.15, -0.1) is 0 Å². The maximum absolute atomic E-state index is 6.47. The summed E-state index contributed by atoms with van der Waals surface area (Å²) >= 11 is 0. The number of rotatable bonds is 5. The molecule has 0 aliphatic heterocycles. The van der Waals surface area contributed by atoms with Crippen LogP contribution in [0.4, 0.5) is 17.2 Å². The van der Waals surface area contributed by atoms with Gasteiger partial charge in [0, 0.05) is 39.3 Å². The van der Waals surface area contributed by atoms with Crippen molar-refractivity contribution < 1.29 is 4.42 Å².